The van der Waals surface area contributed by atoms with Crippen LogP contribution in [0.4, 0.5) is 0 Å². The first-order valence-corrected chi connectivity index (χ1v) is 8.28. The monoisotopic (exact) mass is 276 g/mol. The molecule has 1 saturated carbocycles. The van der Waals surface area contributed by atoms with Gasteiger partial charge in [0.2, 0.25) is 0 Å². The van der Waals surface area contributed by atoms with Crippen LogP contribution in [-0.4, -0.2) is 32.4 Å². The maximum Gasteiger partial charge on any atom is 0.175 e. The van der Waals surface area contributed by atoms with E-state index in [-0.39, 0.29) is 6.10 Å². The van der Waals surface area contributed by atoms with Gasteiger partial charge in [-0.2, -0.15) is 0 Å². The standard InChI is InChI=1S/C10H16N2OS3/c1-2-14-9-11-12-10(16-9)15-8-6-4-3-5-7(8)13/h7-8,13H,2-6H2,1H3. The number of aliphatic hydroxyl groups is 1. The lowest BCUT2D eigenvalue weighted by Crippen LogP contribution is -2.26. The minimum absolute atomic E-state index is 0.162. The van der Waals surface area contributed by atoms with Gasteiger partial charge in [-0.05, 0) is 18.6 Å². The van der Waals surface area contributed by atoms with Gasteiger partial charge in [-0.15, -0.1) is 10.2 Å². The van der Waals surface area contributed by atoms with Crippen molar-refractivity contribution in [1.82, 2.24) is 10.2 Å². The first-order valence-electron chi connectivity index (χ1n) is 5.60. The number of rotatable bonds is 4. The van der Waals surface area contributed by atoms with Crippen LogP contribution < -0.4 is 0 Å². The first-order chi connectivity index (χ1) is 7.79. The Morgan fingerprint density at radius 2 is 2.06 bits per heavy atom. The third-order valence-electron chi connectivity index (χ3n) is 2.58. The summed E-state index contributed by atoms with van der Waals surface area (Å²) in [5, 5.41) is 18.5. The van der Waals surface area contributed by atoms with Gasteiger partial charge in [0.15, 0.2) is 8.68 Å². The molecule has 1 heterocycles. The molecule has 1 aromatic heterocycles. The second-order valence-electron chi connectivity index (χ2n) is 3.77. The van der Waals surface area contributed by atoms with Gasteiger partial charge in [-0.1, -0.05) is 54.6 Å². The van der Waals surface area contributed by atoms with Gasteiger partial charge < -0.3 is 5.11 Å². The average molecular weight is 276 g/mol. The highest BCUT2D eigenvalue weighted by Crippen LogP contribution is 2.36. The molecule has 1 aliphatic carbocycles. The van der Waals surface area contributed by atoms with E-state index in [4.69, 9.17) is 0 Å². The van der Waals surface area contributed by atoms with E-state index in [0.717, 1.165) is 33.7 Å². The zero-order chi connectivity index (χ0) is 11.4. The lowest BCUT2D eigenvalue weighted by molar-refractivity contribution is 0.137. The van der Waals surface area contributed by atoms with Crippen molar-refractivity contribution in [2.75, 3.05) is 5.75 Å². The topological polar surface area (TPSA) is 46.0 Å². The van der Waals surface area contributed by atoms with E-state index in [0.29, 0.717) is 5.25 Å². The molecule has 16 heavy (non-hydrogen) atoms. The second kappa shape index (κ2) is 6.23. The highest BCUT2D eigenvalue weighted by atomic mass is 32.2. The van der Waals surface area contributed by atoms with Gasteiger partial charge >= 0.3 is 0 Å². The smallest absolute Gasteiger partial charge is 0.175 e. The van der Waals surface area contributed by atoms with E-state index in [2.05, 4.69) is 17.1 Å². The molecule has 3 nitrogen and oxygen atoms in total. The Bertz CT molecular complexity index is 332. The van der Waals surface area contributed by atoms with E-state index in [9.17, 15) is 5.11 Å². The number of hydrogen-bond donors (Lipinski definition) is 1. The molecule has 0 bridgehead atoms. The molecule has 1 aromatic rings. The molecule has 0 amide bonds. The van der Waals surface area contributed by atoms with Crippen LogP contribution in [-0.2, 0) is 0 Å². The molecule has 0 aliphatic heterocycles. The maximum atomic E-state index is 9.87. The van der Waals surface area contributed by atoms with Gasteiger partial charge in [0.1, 0.15) is 0 Å². The summed E-state index contributed by atoms with van der Waals surface area (Å²) in [7, 11) is 0. The second-order valence-corrected chi connectivity index (χ2v) is 7.75. The molecule has 1 N–H and O–H groups in total. The van der Waals surface area contributed by atoms with E-state index in [1.54, 1.807) is 34.9 Å². The van der Waals surface area contributed by atoms with Crippen LogP contribution >= 0.6 is 34.9 Å². The molecule has 0 aromatic carbocycles. The van der Waals surface area contributed by atoms with Gasteiger partial charge in [0.05, 0.1) is 6.10 Å². The normalized spacial score (nSPS) is 25.9. The third kappa shape index (κ3) is 3.35. The summed E-state index contributed by atoms with van der Waals surface area (Å²) in [5.41, 5.74) is 0. The van der Waals surface area contributed by atoms with Gasteiger partial charge in [0.25, 0.3) is 0 Å². The van der Waals surface area contributed by atoms with E-state index in [1.807, 2.05) is 0 Å². The summed E-state index contributed by atoms with van der Waals surface area (Å²) in [6.45, 7) is 2.11. The third-order valence-corrected chi connectivity index (χ3v) is 5.98. The zero-order valence-corrected chi connectivity index (χ0v) is 11.7. The van der Waals surface area contributed by atoms with Crippen LogP contribution in [0.5, 0.6) is 0 Å². The summed E-state index contributed by atoms with van der Waals surface area (Å²) < 4.78 is 2.04. The largest absolute Gasteiger partial charge is 0.392 e. The van der Waals surface area contributed by atoms with Gasteiger partial charge in [-0.25, -0.2) is 0 Å². The fourth-order valence-electron chi connectivity index (χ4n) is 1.77. The highest BCUT2D eigenvalue weighted by Gasteiger charge is 2.25. The van der Waals surface area contributed by atoms with Crippen molar-refractivity contribution in [2.24, 2.45) is 0 Å². The molecule has 1 fully saturated rings. The van der Waals surface area contributed by atoms with Crippen LogP contribution in [0.3, 0.4) is 0 Å². The molecular formula is C10H16N2OS3. The summed E-state index contributed by atoms with van der Waals surface area (Å²) in [6.07, 6.45) is 4.26. The SMILES string of the molecule is CCSc1nnc(SC2CCCCC2O)s1. The van der Waals surface area contributed by atoms with Crippen LogP contribution in [0.25, 0.3) is 0 Å². The van der Waals surface area contributed by atoms with Crippen LogP contribution in [0.15, 0.2) is 8.68 Å². The molecule has 2 unspecified atom stereocenters. The van der Waals surface area contributed by atoms with Gasteiger partial charge in [0, 0.05) is 5.25 Å². The quantitative estimate of drug-likeness (QED) is 0.856. The van der Waals surface area contributed by atoms with Crippen molar-refractivity contribution in [3.8, 4) is 0 Å². The van der Waals surface area contributed by atoms with Crippen molar-refractivity contribution < 1.29 is 5.11 Å². The molecule has 6 heteroatoms. The molecule has 0 saturated heterocycles. The van der Waals surface area contributed by atoms with Crippen molar-refractivity contribution in [3.63, 3.8) is 0 Å². The molecule has 0 radical (unpaired) electrons. The Balaban J connectivity index is 1.91. The minimum Gasteiger partial charge on any atom is -0.392 e. The number of nitrogens with zero attached hydrogens (tertiary/aromatic N) is 2. The average Bonchev–Trinajstić information content (AvgIpc) is 2.70. The number of thioether (sulfide) groups is 2. The van der Waals surface area contributed by atoms with Crippen molar-refractivity contribution >= 4 is 34.9 Å². The summed E-state index contributed by atoms with van der Waals surface area (Å²) in [6, 6.07) is 0. The minimum atomic E-state index is -0.162. The maximum absolute atomic E-state index is 9.87. The van der Waals surface area contributed by atoms with E-state index >= 15 is 0 Å². The summed E-state index contributed by atoms with van der Waals surface area (Å²) >= 11 is 5.07. The zero-order valence-electron chi connectivity index (χ0n) is 9.26. The Kier molecular flexibility index (Phi) is 4.94. The highest BCUT2D eigenvalue weighted by molar-refractivity contribution is 8.03. The molecule has 1 aliphatic rings. The van der Waals surface area contributed by atoms with E-state index in [1.165, 1.54) is 6.42 Å². The Morgan fingerprint density at radius 1 is 1.31 bits per heavy atom. The Hall–Kier alpha value is 0.220. The van der Waals surface area contributed by atoms with E-state index < -0.39 is 0 Å². The van der Waals surface area contributed by atoms with Gasteiger partial charge in [-0.3, -0.25) is 0 Å². The lowest BCUT2D eigenvalue weighted by Gasteiger charge is -2.25. The van der Waals surface area contributed by atoms with Crippen LogP contribution in [0.2, 0.25) is 0 Å². The molecule has 90 valence electrons. The van der Waals surface area contributed by atoms with Crippen molar-refractivity contribution in [1.29, 1.82) is 0 Å². The number of aromatic nitrogens is 2. The molecule has 2 atom stereocenters. The fraction of sp³-hybridized carbons (Fsp3) is 0.800. The number of hydrogen-bond acceptors (Lipinski definition) is 6. The van der Waals surface area contributed by atoms with Crippen molar-refractivity contribution in [2.45, 2.75) is 52.6 Å². The molecule has 0 spiro atoms. The first kappa shape index (κ1) is 12.7. The Morgan fingerprint density at radius 3 is 2.81 bits per heavy atom. The predicted octanol–water partition coefficient (Wildman–Crippen LogP) is 3.05. The number of aliphatic hydroxyl groups excluding tert-OH is 1. The molecule has 2 rings (SSSR count). The lowest BCUT2D eigenvalue weighted by atomic mass is 9.97. The molecular weight excluding hydrogens is 260 g/mol. The summed E-state index contributed by atoms with van der Waals surface area (Å²) in [5.74, 6) is 1.03. The summed E-state index contributed by atoms with van der Waals surface area (Å²) in [4.78, 5) is 0. The Labute approximate surface area is 108 Å². The fourth-order valence-corrected chi connectivity index (χ4v) is 5.14. The van der Waals surface area contributed by atoms with Crippen LogP contribution in [0, 0.1) is 0 Å². The van der Waals surface area contributed by atoms with Crippen LogP contribution in [0.1, 0.15) is 32.6 Å². The van der Waals surface area contributed by atoms with Crippen molar-refractivity contribution in [3.05, 3.63) is 0 Å². The predicted molar refractivity (Wildman–Crippen MR) is 70.4 cm³/mol.